The van der Waals surface area contributed by atoms with Crippen molar-refractivity contribution in [2.75, 3.05) is 0 Å². The van der Waals surface area contributed by atoms with Gasteiger partial charge in [-0.1, -0.05) is 12.6 Å². The number of aromatic nitrogens is 1. The van der Waals surface area contributed by atoms with Gasteiger partial charge in [0.2, 0.25) is 8.11 Å². The monoisotopic (exact) mass is 156 g/mol. The van der Waals surface area contributed by atoms with Crippen LogP contribution in [0, 0.1) is 0 Å². The van der Waals surface area contributed by atoms with E-state index in [1.807, 2.05) is 24.7 Å². The molecule has 0 N–H and O–H groups in total. The van der Waals surface area contributed by atoms with Crippen molar-refractivity contribution in [1.29, 1.82) is 0 Å². The van der Waals surface area contributed by atoms with Crippen molar-refractivity contribution in [2.45, 2.75) is 6.55 Å². The van der Waals surface area contributed by atoms with Crippen LogP contribution in [0.3, 0.4) is 0 Å². The van der Waals surface area contributed by atoms with Gasteiger partial charge in [0, 0.05) is 11.5 Å². The van der Waals surface area contributed by atoms with E-state index in [0.717, 1.165) is 5.32 Å². The Balaban J connectivity index is 2.85. The molecule has 0 saturated heterocycles. The van der Waals surface area contributed by atoms with Gasteiger partial charge >= 0.3 is 0 Å². The molecule has 1 heterocycles. The Morgan fingerprint density at radius 2 is 2.33 bits per heavy atom. The summed E-state index contributed by atoms with van der Waals surface area (Å²) in [6.45, 7) is 2.01. The molecule has 0 aliphatic rings. The fourth-order valence-corrected chi connectivity index (χ4v) is 1.48. The fraction of sp³-hybridized carbons (Fsp3) is 0.167. The molecular weight excluding hydrogens is 150 g/mol. The van der Waals surface area contributed by atoms with Gasteiger partial charge in [0.1, 0.15) is 0 Å². The topological polar surface area (TPSA) is 12.9 Å². The summed E-state index contributed by atoms with van der Waals surface area (Å²) in [6.07, 6.45) is 1.77. The molecule has 1 aromatic rings. The molecule has 0 spiro atoms. The van der Waals surface area contributed by atoms with E-state index in [9.17, 15) is 0 Å². The predicted molar refractivity (Wildman–Crippen MR) is 41.3 cm³/mol. The third-order valence-corrected chi connectivity index (χ3v) is 2.60. The molecule has 0 bridgehead atoms. The lowest BCUT2D eigenvalue weighted by atomic mass is 10.5. The van der Waals surface area contributed by atoms with Gasteiger partial charge in [-0.25, -0.2) is 0 Å². The zero-order valence-corrected chi connectivity index (χ0v) is 6.89. The predicted octanol–water partition coefficient (Wildman–Crippen LogP) is 1.15. The van der Waals surface area contributed by atoms with Gasteiger partial charge in [-0.15, -0.1) is 0 Å². The van der Waals surface area contributed by atoms with Crippen molar-refractivity contribution >= 4 is 24.5 Å². The summed E-state index contributed by atoms with van der Waals surface area (Å²) < 4.78 is 0. The minimum absolute atomic E-state index is 0.851. The van der Waals surface area contributed by atoms with Crippen molar-refractivity contribution in [1.82, 2.24) is 4.98 Å². The Morgan fingerprint density at radius 3 is 2.67 bits per heavy atom. The number of halogens is 1. The van der Waals surface area contributed by atoms with Crippen molar-refractivity contribution in [3.8, 4) is 0 Å². The zero-order chi connectivity index (χ0) is 6.69. The summed E-state index contributed by atoms with van der Waals surface area (Å²) >= 11 is 5.84. The molecular formula is C6H7ClNSi. The SMILES string of the molecule is C[Si](Cl)c1ccccn1. The molecule has 1 aromatic heterocycles. The summed E-state index contributed by atoms with van der Waals surface area (Å²) in [5.41, 5.74) is 0. The lowest BCUT2D eigenvalue weighted by Crippen LogP contribution is -2.22. The fourth-order valence-electron chi connectivity index (χ4n) is 0.567. The number of nitrogens with zero attached hydrogens (tertiary/aromatic N) is 1. The third kappa shape index (κ3) is 1.80. The van der Waals surface area contributed by atoms with Gasteiger partial charge in [-0.2, -0.15) is 11.1 Å². The first-order valence-electron chi connectivity index (χ1n) is 2.71. The van der Waals surface area contributed by atoms with Gasteiger partial charge in [-0.05, 0) is 12.1 Å². The van der Waals surface area contributed by atoms with E-state index in [0.29, 0.717) is 0 Å². The van der Waals surface area contributed by atoms with Crippen LogP contribution in [0.2, 0.25) is 6.55 Å². The number of hydrogen-bond donors (Lipinski definition) is 0. The van der Waals surface area contributed by atoms with Gasteiger partial charge < -0.3 is 0 Å². The van der Waals surface area contributed by atoms with Crippen LogP contribution in [0.1, 0.15) is 0 Å². The minimum atomic E-state index is -0.851. The highest BCUT2D eigenvalue weighted by Gasteiger charge is 2.02. The van der Waals surface area contributed by atoms with Crippen LogP contribution in [0.15, 0.2) is 24.4 Å². The molecule has 0 amide bonds. The Morgan fingerprint density at radius 1 is 1.56 bits per heavy atom. The van der Waals surface area contributed by atoms with Crippen LogP contribution in [0.4, 0.5) is 0 Å². The second kappa shape index (κ2) is 2.99. The molecule has 47 valence electrons. The zero-order valence-electron chi connectivity index (χ0n) is 5.13. The first-order valence-corrected chi connectivity index (χ1v) is 5.72. The lowest BCUT2D eigenvalue weighted by molar-refractivity contribution is 1.38. The Kier molecular flexibility index (Phi) is 2.25. The van der Waals surface area contributed by atoms with Crippen molar-refractivity contribution < 1.29 is 0 Å². The largest absolute Gasteiger partial charge is 0.265 e. The van der Waals surface area contributed by atoms with Crippen molar-refractivity contribution in [2.24, 2.45) is 0 Å². The van der Waals surface area contributed by atoms with E-state index in [2.05, 4.69) is 4.98 Å². The molecule has 0 fully saturated rings. The second-order valence-corrected chi connectivity index (χ2v) is 5.03. The molecule has 1 nitrogen and oxygen atoms in total. The number of hydrogen-bond acceptors (Lipinski definition) is 1. The van der Waals surface area contributed by atoms with Crippen LogP contribution < -0.4 is 5.32 Å². The molecule has 0 atom stereocenters. The van der Waals surface area contributed by atoms with Crippen LogP contribution in [-0.2, 0) is 0 Å². The summed E-state index contributed by atoms with van der Waals surface area (Å²) in [5, 5.41) is 1.03. The average Bonchev–Trinajstić information content (AvgIpc) is 1.90. The maximum atomic E-state index is 5.84. The van der Waals surface area contributed by atoms with Gasteiger partial charge in [0.05, 0.1) is 0 Å². The highest BCUT2D eigenvalue weighted by molar-refractivity contribution is 7.13. The molecule has 0 aromatic carbocycles. The van der Waals surface area contributed by atoms with Gasteiger partial charge in [-0.3, -0.25) is 4.98 Å². The molecule has 0 aliphatic carbocycles. The van der Waals surface area contributed by atoms with Crippen molar-refractivity contribution in [3.05, 3.63) is 24.4 Å². The summed E-state index contributed by atoms with van der Waals surface area (Å²) in [4.78, 5) is 4.09. The van der Waals surface area contributed by atoms with Gasteiger partial charge in [0.15, 0.2) is 0 Å². The summed E-state index contributed by atoms with van der Waals surface area (Å²) in [5.74, 6) is 0. The van der Waals surface area contributed by atoms with E-state index in [4.69, 9.17) is 11.1 Å². The standard InChI is InChI=1S/C6H7ClNSi/c1-9(7)6-4-2-3-5-8-6/h2-5H,1H3. The smallest absolute Gasteiger partial charge is 0.219 e. The molecule has 1 radical (unpaired) electrons. The van der Waals surface area contributed by atoms with Crippen LogP contribution in [0.25, 0.3) is 0 Å². The number of pyridine rings is 1. The third-order valence-electron chi connectivity index (χ3n) is 1.02. The normalized spacial score (nSPS) is 10.1. The molecule has 0 aliphatic heterocycles. The Hall–Kier alpha value is -0.343. The maximum Gasteiger partial charge on any atom is 0.219 e. The molecule has 0 unspecified atom stereocenters. The first kappa shape index (κ1) is 6.77. The minimum Gasteiger partial charge on any atom is -0.265 e. The second-order valence-electron chi connectivity index (χ2n) is 1.75. The molecule has 3 heteroatoms. The summed E-state index contributed by atoms with van der Waals surface area (Å²) in [6, 6.07) is 5.81. The van der Waals surface area contributed by atoms with Crippen LogP contribution in [0.5, 0.6) is 0 Å². The highest BCUT2D eigenvalue weighted by Crippen LogP contribution is 1.87. The number of rotatable bonds is 1. The maximum absolute atomic E-state index is 5.84. The molecule has 1 rings (SSSR count). The summed E-state index contributed by atoms with van der Waals surface area (Å²) in [7, 11) is -0.851. The van der Waals surface area contributed by atoms with Crippen LogP contribution in [-0.4, -0.2) is 13.1 Å². The van der Waals surface area contributed by atoms with E-state index in [1.54, 1.807) is 6.20 Å². The van der Waals surface area contributed by atoms with E-state index in [-0.39, 0.29) is 0 Å². The quantitative estimate of drug-likeness (QED) is 0.439. The van der Waals surface area contributed by atoms with E-state index in [1.165, 1.54) is 0 Å². The molecule has 9 heavy (non-hydrogen) atoms. The average molecular weight is 157 g/mol. The van der Waals surface area contributed by atoms with E-state index < -0.39 is 8.11 Å². The lowest BCUT2D eigenvalue weighted by Gasteiger charge is -1.95. The van der Waals surface area contributed by atoms with Gasteiger partial charge in [0.25, 0.3) is 0 Å². The first-order chi connectivity index (χ1) is 4.30. The van der Waals surface area contributed by atoms with E-state index >= 15 is 0 Å². The Labute approximate surface area is 61.0 Å². The Bertz CT molecular complexity index is 176. The van der Waals surface area contributed by atoms with Crippen molar-refractivity contribution in [3.63, 3.8) is 0 Å². The van der Waals surface area contributed by atoms with Crippen LogP contribution >= 0.6 is 11.1 Å². The highest BCUT2D eigenvalue weighted by atomic mass is 35.6. The molecule has 0 saturated carbocycles.